The maximum absolute atomic E-state index is 4.80. The van der Waals surface area contributed by atoms with E-state index in [0.717, 1.165) is 43.8 Å². The Hall–Kier alpha value is -2.46. The minimum absolute atomic E-state index is 0.506. The topological polar surface area (TPSA) is 40.5 Å². The van der Waals surface area contributed by atoms with E-state index < -0.39 is 0 Å². The van der Waals surface area contributed by atoms with Crippen LogP contribution in [0.1, 0.15) is 37.8 Å². The van der Waals surface area contributed by atoms with Gasteiger partial charge in [-0.15, -0.1) is 0 Å². The molecule has 0 spiro atoms. The lowest BCUT2D eigenvalue weighted by Gasteiger charge is -2.39. The van der Waals surface area contributed by atoms with Crippen molar-refractivity contribution in [3.63, 3.8) is 0 Å². The molecular weight excluding hydrogens is 332 g/mol. The third-order valence-corrected chi connectivity index (χ3v) is 5.42. The average molecular weight is 361 g/mol. The van der Waals surface area contributed by atoms with Crippen molar-refractivity contribution in [3.05, 3.63) is 65.5 Å². The molecule has 2 aliphatic heterocycles. The maximum atomic E-state index is 4.80. The van der Waals surface area contributed by atoms with Crippen LogP contribution in [-0.2, 0) is 0 Å². The van der Waals surface area contributed by atoms with Gasteiger partial charge in [0.2, 0.25) is 0 Å². The van der Waals surface area contributed by atoms with Crippen LogP contribution in [0.2, 0.25) is 0 Å². The van der Waals surface area contributed by atoms with Crippen molar-refractivity contribution in [1.82, 2.24) is 10.3 Å². The van der Waals surface area contributed by atoms with Gasteiger partial charge in [-0.3, -0.25) is 9.98 Å². The summed E-state index contributed by atoms with van der Waals surface area (Å²) in [7, 11) is 0. The molecule has 0 bridgehead atoms. The number of allylic oxidation sites excluding steroid dienone is 1. The molecule has 0 unspecified atom stereocenters. The molecule has 1 fully saturated rings. The quantitative estimate of drug-likeness (QED) is 0.901. The molecule has 4 heteroatoms. The lowest BCUT2D eigenvalue weighted by atomic mass is 9.94. The Morgan fingerprint density at radius 3 is 2.96 bits per heavy atom. The number of piperazine rings is 1. The normalized spacial score (nSPS) is 24.7. The van der Waals surface area contributed by atoms with Gasteiger partial charge in [-0.25, -0.2) is 0 Å². The molecule has 2 atom stereocenters. The zero-order valence-corrected chi connectivity index (χ0v) is 16.2. The SMILES string of the molecule is C[C@@H]1CN(c2cccc(C=C3CCCN=C3c3cccnc3)c2)[C@@H](C)CN1. The van der Waals surface area contributed by atoms with Gasteiger partial charge in [0, 0.05) is 55.4 Å². The fourth-order valence-electron chi connectivity index (χ4n) is 3.98. The van der Waals surface area contributed by atoms with E-state index in [9.17, 15) is 0 Å². The summed E-state index contributed by atoms with van der Waals surface area (Å²) in [4.78, 5) is 11.6. The van der Waals surface area contributed by atoms with Gasteiger partial charge in [-0.1, -0.05) is 12.1 Å². The monoisotopic (exact) mass is 360 g/mol. The van der Waals surface area contributed by atoms with Crippen molar-refractivity contribution in [2.75, 3.05) is 24.5 Å². The average Bonchev–Trinajstić information content (AvgIpc) is 2.71. The Morgan fingerprint density at radius 2 is 2.11 bits per heavy atom. The van der Waals surface area contributed by atoms with E-state index in [1.807, 2.05) is 18.5 Å². The Balaban J connectivity index is 1.63. The molecule has 4 nitrogen and oxygen atoms in total. The first-order chi connectivity index (χ1) is 13.2. The molecule has 0 saturated carbocycles. The summed E-state index contributed by atoms with van der Waals surface area (Å²) in [6, 6.07) is 14.0. The highest BCUT2D eigenvalue weighted by Crippen LogP contribution is 2.25. The largest absolute Gasteiger partial charge is 0.366 e. The molecule has 2 aromatic rings. The first-order valence-corrected chi connectivity index (χ1v) is 9.96. The fraction of sp³-hybridized carbons (Fsp3) is 0.391. The first-order valence-electron chi connectivity index (χ1n) is 9.96. The van der Waals surface area contributed by atoms with Crippen molar-refractivity contribution in [2.24, 2.45) is 4.99 Å². The molecule has 1 saturated heterocycles. The van der Waals surface area contributed by atoms with Crippen LogP contribution in [0, 0.1) is 0 Å². The van der Waals surface area contributed by atoms with E-state index in [0.29, 0.717) is 12.1 Å². The molecule has 1 aromatic heterocycles. The van der Waals surface area contributed by atoms with Crippen LogP contribution in [0.15, 0.2) is 59.4 Å². The number of rotatable bonds is 3. The molecule has 0 radical (unpaired) electrons. The number of aromatic nitrogens is 1. The number of nitrogens with one attached hydrogen (secondary N) is 1. The summed E-state index contributed by atoms with van der Waals surface area (Å²) in [5.41, 5.74) is 6.08. The molecule has 2 aliphatic rings. The Morgan fingerprint density at radius 1 is 1.19 bits per heavy atom. The van der Waals surface area contributed by atoms with Crippen LogP contribution >= 0.6 is 0 Å². The maximum Gasteiger partial charge on any atom is 0.0694 e. The highest BCUT2D eigenvalue weighted by Gasteiger charge is 2.22. The minimum atomic E-state index is 0.506. The smallest absolute Gasteiger partial charge is 0.0694 e. The molecule has 3 heterocycles. The van der Waals surface area contributed by atoms with Crippen molar-refractivity contribution in [3.8, 4) is 0 Å². The molecule has 0 amide bonds. The standard InChI is InChI=1S/C23H28N4/c1-17-16-27(18(2)14-26-17)22-9-3-6-19(13-22)12-20-7-5-11-25-23(20)21-8-4-10-24-15-21/h3-4,6,8-10,12-13,15,17-18,26H,5,7,11,14,16H2,1-2H3/t17-,18+/m1/s1. The van der Waals surface area contributed by atoms with Gasteiger partial charge >= 0.3 is 0 Å². The predicted octanol–water partition coefficient (Wildman–Crippen LogP) is 3.93. The van der Waals surface area contributed by atoms with Crippen molar-refractivity contribution in [1.29, 1.82) is 0 Å². The number of anilines is 1. The van der Waals surface area contributed by atoms with Crippen molar-refractivity contribution < 1.29 is 0 Å². The molecular formula is C23H28N4. The lowest BCUT2D eigenvalue weighted by Crippen LogP contribution is -2.54. The van der Waals surface area contributed by atoms with E-state index in [1.54, 1.807) is 0 Å². The van der Waals surface area contributed by atoms with E-state index in [2.05, 4.69) is 65.5 Å². The second-order valence-corrected chi connectivity index (χ2v) is 7.65. The van der Waals surface area contributed by atoms with Gasteiger partial charge in [0.25, 0.3) is 0 Å². The third kappa shape index (κ3) is 4.11. The van der Waals surface area contributed by atoms with Crippen molar-refractivity contribution in [2.45, 2.75) is 38.8 Å². The van der Waals surface area contributed by atoms with Crippen LogP contribution in [0.25, 0.3) is 6.08 Å². The first kappa shape index (κ1) is 17.9. The highest BCUT2D eigenvalue weighted by atomic mass is 15.2. The summed E-state index contributed by atoms with van der Waals surface area (Å²) in [5.74, 6) is 0. The molecule has 27 heavy (non-hydrogen) atoms. The molecule has 4 rings (SSSR count). The van der Waals surface area contributed by atoms with Gasteiger partial charge in [0.05, 0.1) is 5.71 Å². The Labute approximate surface area is 162 Å². The minimum Gasteiger partial charge on any atom is -0.366 e. The number of hydrogen-bond acceptors (Lipinski definition) is 4. The van der Waals surface area contributed by atoms with Crippen LogP contribution < -0.4 is 10.2 Å². The van der Waals surface area contributed by atoms with Crippen LogP contribution in [-0.4, -0.2) is 42.4 Å². The van der Waals surface area contributed by atoms with E-state index in [4.69, 9.17) is 4.99 Å². The Bertz CT molecular complexity index is 840. The number of aliphatic imine (C=N–C) groups is 1. The van der Waals surface area contributed by atoms with E-state index >= 15 is 0 Å². The fourth-order valence-corrected chi connectivity index (χ4v) is 3.98. The molecule has 1 N–H and O–H groups in total. The second-order valence-electron chi connectivity index (χ2n) is 7.65. The number of nitrogens with zero attached hydrogens (tertiary/aromatic N) is 3. The summed E-state index contributed by atoms with van der Waals surface area (Å²) in [6.07, 6.45) is 8.22. The second kappa shape index (κ2) is 8.05. The van der Waals surface area contributed by atoms with Crippen molar-refractivity contribution >= 4 is 17.5 Å². The zero-order chi connectivity index (χ0) is 18.6. The van der Waals surface area contributed by atoms with Gasteiger partial charge in [0.15, 0.2) is 0 Å². The molecule has 0 aliphatic carbocycles. The van der Waals surface area contributed by atoms with Crippen LogP contribution in [0.4, 0.5) is 5.69 Å². The van der Waals surface area contributed by atoms with Gasteiger partial charge in [-0.2, -0.15) is 0 Å². The lowest BCUT2D eigenvalue weighted by molar-refractivity contribution is 0.425. The molecule has 1 aromatic carbocycles. The number of benzene rings is 1. The zero-order valence-electron chi connectivity index (χ0n) is 16.2. The summed E-state index contributed by atoms with van der Waals surface area (Å²) in [6.45, 7) is 7.52. The van der Waals surface area contributed by atoms with E-state index in [1.165, 1.54) is 16.8 Å². The van der Waals surface area contributed by atoms with Gasteiger partial charge < -0.3 is 10.2 Å². The summed E-state index contributed by atoms with van der Waals surface area (Å²) < 4.78 is 0. The van der Waals surface area contributed by atoms with Gasteiger partial charge in [0.1, 0.15) is 0 Å². The Kier molecular flexibility index (Phi) is 5.35. The predicted molar refractivity (Wildman–Crippen MR) is 114 cm³/mol. The highest BCUT2D eigenvalue weighted by molar-refractivity contribution is 6.15. The summed E-state index contributed by atoms with van der Waals surface area (Å²) in [5, 5.41) is 3.56. The van der Waals surface area contributed by atoms with Crippen LogP contribution in [0.5, 0.6) is 0 Å². The number of hydrogen-bond donors (Lipinski definition) is 1. The van der Waals surface area contributed by atoms with E-state index in [-0.39, 0.29) is 0 Å². The van der Waals surface area contributed by atoms with Crippen LogP contribution in [0.3, 0.4) is 0 Å². The third-order valence-electron chi connectivity index (χ3n) is 5.42. The summed E-state index contributed by atoms with van der Waals surface area (Å²) >= 11 is 0. The molecule has 140 valence electrons. The van der Waals surface area contributed by atoms with Gasteiger partial charge in [-0.05, 0) is 68.2 Å². The number of pyridine rings is 1.